The van der Waals surface area contributed by atoms with Crippen LogP contribution >= 0.6 is 27.5 Å². The van der Waals surface area contributed by atoms with Crippen LogP contribution in [0.15, 0.2) is 22.7 Å². The molecule has 0 atom stereocenters. The van der Waals surface area contributed by atoms with Gasteiger partial charge in [-0.15, -0.1) is 0 Å². The number of rotatable bonds is 3. The Hall–Kier alpha value is -1.33. The molecule has 0 aliphatic carbocycles. The monoisotopic (exact) mass is 343 g/mol. The molecule has 1 aromatic carbocycles. The highest BCUT2D eigenvalue weighted by Crippen LogP contribution is 2.34. The van der Waals surface area contributed by atoms with Crippen LogP contribution < -0.4 is 4.74 Å². The molecule has 4 nitrogen and oxygen atoms in total. The van der Waals surface area contributed by atoms with Gasteiger partial charge >= 0.3 is 5.97 Å². The van der Waals surface area contributed by atoms with Crippen molar-refractivity contribution >= 4 is 44.4 Å². The zero-order chi connectivity index (χ0) is 14.0. The summed E-state index contributed by atoms with van der Waals surface area (Å²) in [5.74, 6) is -0.378. The number of hydrogen-bond acceptors (Lipinski definition) is 4. The van der Waals surface area contributed by atoms with Crippen LogP contribution in [0.3, 0.4) is 0 Å². The Morgan fingerprint density at radius 3 is 2.84 bits per heavy atom. The van der Waals surface area contributed by atoms with Crippen molar-refractivity contribution in [3.8, 4) is 5.88 Å². The van der Waals surface area contributed by atoms with E-state index in [0.29, 0.717) is 10.9 Å². The van der Waals surface area contributed by atoms with Gasteiger partial charge in [0.05, 0.1) is 24.3 Å². The number of benzene rings is 1. The molecular weight excluding hydrogens is 334 g/mol. The molecule has 0 spiro atoms. The second-order valence-electron chi connectivity index (χ2n) is 3.69. The lowest BCUT2D eigenvalue weighted by molar-refractivity contribution is 0.0522. The van der Waals surface area contributed by atoms with Gasteiger partial charge in [-0.1, -0.05) is 27.5 Å². The van der Waals surface area contributed by atoms with Crippen LogP contribution in [-0.4, -0.2) is 24.7 Å². The summed E-state index contributed by atoms with van der Waals surface area (Å²) in [6.07, 6.45) is 0. The van der Waals surface area contributed by atoms with Crippen molar-refractivity contribution in [1.82, 2.24) is 4.98 Å². The maximum Gasteiger partial charge on any atom is 0.345 e. The minimum Gasteiger partial charge on any atom is -0.480 e. The quantitative estimate of drug-likeness (QED) is 0.794. The molecule has 19 heavy (non-hydrogen) atoms. The molecule has 0 amide bonds. The summed E-state index contributed by atoms with van der Waals surface area (Å²) in [6.45, 7) is 1.98. The number of aromatic nitrogens is 1. The molecule has 0 saturated heterocycles. The fourth-order valence-electron chi connectivity index (χ4n) is 1.70. The summed E-state index contributed by atoms with van der Waals surface area (Å²) in [6, 6.07) is 5.44. The fourth-order valence-corrected chi connectivity index (χ4v) is 2.37. The molecule has 2 aromatic rings. The minimum atomic E-state index is -0.543. The topological polar surface area (TPSA) is 48.4 Å². The molecule has 0 bridgehead atoms. The Kier molecular flexibility index (Phi) is 4.27. The van der Waals surface area contributed by atoms with E-state index in [9.17, 15) is 4.79 Å². The van der Waals surface area contributed by atoms with E-state index in [1.807, 2.05) is 6.07 Å². The number of halogens is 2. The Labute approximate surface area is 123 Å². The van der Waals surface area contributed by atoms with Gasteiger partial charge in [0.15, 0.2) is 0 Å². The Morgan fingerprint density at radius 2 is 2.21 bits per heavy atom. The molecule has 2 rings (SSSR count). The molecule has 0 N–H and O–H groups in total. The number of nitrogens with zero attached hydrogens (tertiary/aromatic N) is 1. The van der Waals surface area contributed by atoms with E-state index in [1.54, 1.807) is 19.1 Å². The first-order chi connectivity index (χ1) is 9.08. The van der Waals surface area contributed by atoms with Gasteiger partial charge in [-0.3, -0.25) is 0 Å². The third-order valence-electron chi connectivity index (χ3n) is 2.52. The van der Waals surface area contributed by atoms with Gasteiger partial charge in [-0.25, -0.2) is 9.78 Å². The van der Waals surface area contributed by atoms with E-state index in [4.69, 9.17) is 21.1 Å². The average molecular weight is 345 g/mol. The van der Waals surface area contributed by atoms with Crippen molar-refractivity contribution in [3.63, 3.8) is 0 Å². The SMILES string of the molecule is CCOC(=O)c1c(OC)nc2ccc(Br)cc2c1Cl. The normalized spacial score (nSPS) is 10.5. The van der Waals surface area contributed by atoms with E-state index in [2.05, 4.69) is 20.9 Å². The van der Waals surface area contributed by atoms with Crippen LogP contribution in [0.2, 0.25) is 5.02 Å². The highest BCUT2D eigenvalue weighted by atomic mass is 79.9. The number of fused-ring (bicyclic) bond motifs is 1. The first-order valence-electron chi connectivity index (χ1n) is 5.58. The number of carbonyl (C=O) groups excluding carboxylic acids is 1. The van der Waals surface area contributed by atoms with Gasteiger partial charge in [0, 0.05) is 9.86 Å². The number of pyridine rings is 1. The number of methoxy groups -OCH3 is 1. The molecule has 0 fully saturated rings. The predicted octanol–water partition coefficient (Wildman–Crippen LogP) is 3.84. The zero-order valence-corrected chi connectivity index (χ0v) is 12.7. The number of ether oxygens (including phenoxy) is 2. The Balaban J connectivity index is 2.73. The third kappa shape index (κ3) is 2.67. The second kappa shape index (κ2) is 5.75. The van der Waals surface area contributed by atoms with Gasteiger partial charge < -0.3 is 9.47 Å². The largest absolute Gasteiger partial charge is 0.480 e. The Bertz CT molecular complexity index is 645. The molecule has 0 radical (unpaired) electrons. The van der Waals surface area contributed by atoms with E-state index in [1.165, 1.54) is 7.11 Å². The summed E-state index contributed by atoms with van der Waals surface area (Å²) in [5, 5.41) is 0.946. The average Bonchev–Trinajstić information content (AvgIpc) is 2.39. The zero-order valence-electron chi connectivity index (χ0n) is 10.4. The third-order valence-corrected chi connectivity index (χ3v) is 3.41. The fraction of sp³-hybridized carbons (Fsp3) is 0.231. The molecule has 1 aromatic heterocycles. The van der Waals surface area contributed by atoms with Crippen LogP contribution in [0.4, 0.5) is 0 Å². The molecule has 6 heteroatoms. The van der Waals surface area contributed by atoms with Crippen molar-refractivity contribution in [2.45, 2.75) is 6.92 Å². The predicted molar refractivity (Wildman–Crippen MR) is 77.0 cm³/mol. The first kappa shape index (κ1) is 14.1. The lowest BCUT2D eigenvalue weighted by Crippen LogP contribution is -2.09. The smallest absolute Gasteiger partial charge is 0.345 e. The summed E-state index contributed by atoms with van der Waals surface area (Å²) >= 11 is 9.65. The lowest BCUT2D eigenvalue weighted by atomic mass is 10.1. The van der Waals surface area contributed by atoms with Crippen LogP contribution in [0.5, 0.6) is 5.88 Å². The van der Waals surface area contributed by atoms with Crippen molar-refractivity contribution < 1.29 is 14.3 Å². The Morgan fingerprint density at radius 1 is 1.47 bits per heavy atom. The lowest BCUT2D eigenvalue weighted by Gasteiger charge is -2.11. The summed E-state index contributed by atoms with van der Waals surface area (Å²) < 4.78 is 10.9. The van der Waals surface area contributed by atoms with Crippen LogP contribution in [0.25, 0.3) is 10.9 Å². The van der Waals surface area contributed by atoms with Gasteiger partial charge in [0.25, 0.3) is 0 Å². The van der Waals surface area contributed by atoms with Gasteiger partial charge in [-0.05, 0) is 25.1 Å². The standard InChI is InChI=1S/C13H11BrClNO3/c1-3-19-13(17)10-11(15)8-6-7(14)4-5-9(8)16-12(10)18-2/h4-6H,3H2,1-2H3. The van der Waals surface area contributed by atoms with Crippen LogP contribution in [0, 0.1) is 0 Å². The number of hydrogen-bond donors (Lipinski definition) is 0. The number of carbonyl (C=O) groups is 1. The molecule has 100 valence electrons. The van der Waals surface area contributed by atoms with Crippen LogP contribution in [-0.2, 0) is 4.74 Å². The molecule has 0 unspecified atom stereocenters. The second-order valence-corrected chi connectivity index (χ2v) is 4.99. The maximum atomic E-state index is 11.9. The van der Waals surface area contributed by atoms with E-state index in [0.717, 1.165) is 4.47 Å². The highest BCUT2D eigenvalue weighted by Gasteiger charge is 2.22. The molecular formula is C13H11BrClNO3. The van der Waals surface area contributed by atoms with Crippen LogP contribution in [0.1, 0.15) is 17.3 Å². The summed E-state index contributed by atoms with van der Waals surface area (Å²) in [7, 11) is 1.44. The van der Waals surface area contributed by atoms with Crippen molar-refractivity contribution in [2.75, 3.05) is 13.7 Å². The van der Waals surface area contributed by atoms with E-state index >= 15 is 0 Å². The first-order valence-corrected chi connectivity index (χ1v) is 6.75. The van der Waals surface area contributed by atoms with Gasteiger partial charge in [0.1, 0.15) is 5.56 Å². The molecule has 0 aliphatic rings. The van der Waals surface area contributed by atoms with Crippen molar-refractivity contribution in [3.05, 3.63) is 33.3 Å². The van der Waals surface area contributed by atoms with E-state index < -0.39 is 5.97 Å². The summed E-state index contributed by atoms with van der Waals surface area (Å²) in [4.78, 5) is 16.2. The van der Waals surface area contributed by atoms with Crippen molar-refractivity contribution in [2.24, 2.45) is 0 Å². The van der Waals surface area contributed by atoms with E-state index in [-0.39, 0.29) is 23.1 Å². The van der Waals surface area contributed by atoms with Gasteiger partial charge in [-0.2, -0.15) is 0 Å². The maximum absolute atomic E-state index is 11.9. The minimum absolute atomic E-state index is 0.150. The molecule has 0 aliphatic heterocycles. The number of esters is 1. The molecule has 0 saturated carbocycles. The summed E-state index contributed by atoms with van der Waals surface area (Å²) in [5.41, 5.74) is 0.801. The molecule has 1 heterocycles. The highest BCUT2D eigenvalue weighted by molar-refractivity contribution is 9.10. The van der Waals surface area contributed by atoms with Gasteiger partial charge in [0.2, 0.25) is 5.88 Å². The van der Waals surface area contributed by atoms with Crippen molar-refractivity contribution in [1.29, 1.82) is 0 Å².